The van der Waals surface area contributed by atoms with Crippen molar-refractivity contribution >= 4 is 5.82 Å². The molecule has 78 valence electrons. The fourth-order valence-electron chi connectivity index (χ4n) is 1.15. The van der Waals surface area contributed by atoms with Gasteiger partial charge >= 0.3 is 5.69 Å². The number of rotatable bonds is 2. The van der Waals surface area contributed by atoms with Gasteiger partial charge in [0.1, 0.15) is 5.82 Å². The normalized spacial score (nSPS) is 10.9. The van der Waals surface area contributed by atoms with Gasteiger partial charge in [0, 0.05) is 13.6 Å². The van der Waals surface area contributed by atoms with Gasteiger partial charge in [0.05, 0.1) is 5.56 Å². The standard InChI is InChI=1S/C8H14N4O2/c1-11(2)4-5-6(9)12(3)8(14)10-7(5)13/h4,9H2,1-3H3,(H,10,13,14). The molecular formula is C8H14N4O2. The van der Waals surface area contributed by atoms with Crippen molar-refractivity contribution in [2.45, 2.75) is 6.54 Å². The molecule has 0 spiro atoms. The summed E-state index contributed by atoms with van der Waals surface area (Å²) in [6.07, 6.45) is 0. The van der Waals surface area contributed by atoms with Gasteiger partial charge in [0.25, 0.3) is 5.56 Å². The number of anilines is 1. The molecule has 1 rings (SSSR count). The summed E-state index contributed by atoms with van der Waals surface area (Å²) >= 11 is 0. The Labute approximate surface area is 81.0 Å². The van der Waals surface area contributed by atoms with Crippen molar-refractivity contribution in [2.24, 2.45) is 7.05 Å². The lowest BCUT2D eigenvalue weighted by atomic mass is 10.3. The molecule has 0 saturated heterocycles. The van der Waals surface area contributed by atoms with Crippen LogP contribution in [-0.4, -0.2) is 28.5 Å². The molecule has 1 aromatic rings. The van der Waals surface area contributed by atoms with Crippen LogP contribution in [0.1, 0.15) is 5.56 Å². The van der Waals surface area contributed by atoms with Crippen LogP contribution in [0, 0.1) is 0 Å². The van der Waals surface area contributed by atoms with E-state index in [1.807, 2.05) is 19.0 Å². The van der Waals surface area contributed by atoms with Crippen LogP contribution in [0.4, 0.5) is 5.82 Å². The molecule has 0 bridgehead atoms. The summed E-state index contributed by atoms with van der Waals surface area (Å²) in [6.45, 7) is 0.412. The van der Waals surface area contributed by atoms with Crippen molar-refractivity contribution in [1.29, 1.82) is 0 Å². The molecule has 0 amide bonds. The highest BCUT2D eigenvalue weighted by Crippen LogP contribution is 2.03. The van der Waals surface area contributed by atoms with Crippen molar-refractivity contribution in [3.05, 3.63) is 26.4 Å². The number of hydrogen-bond acceptors (Lipinski definition) is 4. The molecule has 0 aliphatic heterocycles. The van der Waals surface area contributed by atoms with Crippen LogP contribution < -0.4 is 17.0 Å². The Bertz CT molecular complexity index is 444. The van der Waals surface area contributed by atoms with Crippen molar-refractivity contribution < 1.29 is 0 Å². The molecule has 0 aliphatic rings. The van der Waals surface area contributed by atoms with E-state index in [2.05, 4.69) is 4.98 Å². The van der Waals surface area contributed by atoms with Crippen molar-refractivity contribution in [2.75, 3.05) is 19.8 Å². The lowest BCUT2D eigenvalue weighted by molar-refractivity contribution is 0.399. The molecule has 0 aromatic carbocycles. The Morgan fingerprint density at radius 3 is 2.50 bits per heavy atom. The molecule has 6 nitrogen and oxygen atoms in total. The second-order valence-corrected chi connectivity index (χ2v) is 3.42. The Balaban J connectivity index is 3.37. The fourth-order valence-corrected chi connectivity index (χ4v) is 1.15. The third-order valence-electron chi connectivity index (χ3n) is 1.94. The van der Waals surface area contributed by atoms with Gasteiger partial charge in [0.15, 0.2) is 0 Å². The number of nitrogens with one attached hydrogen (secondary N) is 1. The molecule has 0 atom stereocenters. The van der Waals surface area contributed by atoms with Crippen molar-refractivity contribution in [1.82, 2.24) is 14.5 Å². The highest BCUT2D eigenvalue weighted by atomic mass is 16.2. The predicted molar refractivity (Wildman–Crippen MR) is 54.1 cm³/mol. The third kappa shape index (κ3) is 1.85. The second kappa shape index (κ2) is 3.67. The van der Waals surface area contributed by atoms with E-state index in [9.17, 15) is 9.59 Å². The first-order valence-electron chi connectivity index (χ1n) is 4.16. The Morgan fingerprint density at radius 2 is 2.00 bits per heavy atom. The van der Waals surface area contributed by atoms with Crippen LogP contribution >= 0.6 is 0 Å². The number of nitrogen functional groups attached to an aromatic ring is 1. The van der Waals surface area contributed by atoms with Crippen LogP contribution in [-0.2, 0) is 13.6 Å². The minimum absolute atomic E-state index is 0.215. The first-order valence-corrected chi connectivity index (χ1v) is 4.16. The highest BCUT2D eigenvalue weighted by Gasteiger charge is 2.09. The number of aromatic amines is 1. The quantitative estimate of drug-likeness (QED) is 0.619. The molecule has 14 heavy (non-hydrogen) atoms. The zero-order chi connectivity index (χ0) is 10.9. The summed E-state index contributed by atoms with van der Waals surface area (Å²) in [6, 6.07) is 0. The summed E-state index contributed by atoms with van der Waals surface area (Å²) < 4.78 is 1.22. The minimum atomic E-state index is -0.491. The van der Waals surface area contributed by atoms with Gasteiger partial charge in [-0.05, 0) is 14.1 Å². The molecule has 0 radical (unpaired) electrons. The zero-order valence-corrected chi connectivity index (χ0v) is 8.50. The van der Waals surface area contributed by atoms with Crippen LogP contribution in [0.15, 0.2) is 9.59 Å². The minimum Gasteiger partial charge on any atom is -0.385 e. The fraction of sp³-hybridized carbons (Fsp3) is 0.500. The maximum atomic E-state index is 11.4. The average molecular weight is 198 g/mol. The molecule has 0 saturated carbocycles. The second-order valence-electron chi connectivity index (χ2n) is 3.42. The van der Waals surface area contributed by atoms with Crippen LogP contribution in [0.5, 0.6) is 0 Å². The van der Waals surface area contributed by atoms with Gasteiger partial charge in [-0.25, -0.2) is 4.79 Å². The maximum Gasteiger partial charge on any atom is 0.329 e. The lowest BCUT2D eigenvalue weighted by Gasteiger charge is -2.12. The van der Waals surface area contributed by atoms with E-state index < -0.39 is 11.2 Å². The molecule has 0 unspecified atom stereocenters. The first kappa shape index (κ1) is 10.5. The van der Waals surface area contributed by atoms with Gasteiger partial charge in [-0.15, -0.1) is 0 Å². The van der Waals surface area contributed by atoms with Gasteiger partial charge in [-0.3, -0.25) is 14.3 Å². The van der Waals surface area contributed by atoms with Crippen molar-refractivity contribution in [3.63, 3.8) is 0 Å². The van der Waals surface area contributed by atoms with Gasteiger partial charge < -0.3 is 10.6 Å². The Morgan fingerprint density at radius 1 is 1.43 bits per heavy atom. The average Bonchev–Trinajstić information content (AvgIpc) is 2.09. The number of hydrogen-bond donors (Lipinski definition) is 2. The lowest BCUT2D eigenvalue weighted by Crippen LogP contribution is -2.34. The summed E-state index contributed by atoms with van der Waals surface area (Å²) in [5.41, 5.74) is 5.15. The Hall–Kier alpha value is -1.56. The van der Waals surface area contributed by atoms with Gasteiger partial charge in [0.2, 0.25) is 0 Å². The molecule has 1 aromatic heterocycles. The largest absolute Gasteiger partial charge is 0.385 e. The van der Waals surface area contributed by atoms with E-state index in [-0.39, 0.29) is 5.82 Å². The van der Waals surface area contributed by atoms with Gasteiger partial charge in [-0.2, -0.15) is 0 Å². The molecular weight excluding hydrogens is 184 g/mol. The first-order chi connectivity index (χ1) is 6.43. The number of nitrogens with zero attached hydrogens (tertiary/aromatic N) is 2. The molecule has 0 fully saturated rings. The third-order valence-corrected chi connectivity index (χ3v) is 1.94. The molecule has 0 aliphatic carbocycles. The van der Waals surface area contributed by atoms with Crippen LogP contribution in [0.25, 0.3) is 0 Å². The van der Waals surface area contributed by atoms with E-state index in [1.165, 1.54) is 11.6 Å². The zero-order valence-electron chi connectivity index (χ0n) is 8.50. The van der Waals surface area contributed by atoms with E-state index >= 15 is 0 Å². The summed E-state index contributed by atoms with van der Waals surface area (Å²) in [7, 11) is 5.17. The van der Waals surface area contributed by atoms with E-state index in [4.69, 9.17) is 5.73 Å². The summed E-state index contributed by atoms with van der Waals surface area (Å²) in [4.78, 5) is 26.5. The topological polar surface area (TPSA) is 84.1 Å². The number of nitrogens with two attached hydrogens (primary N) is 1. The highest BCUT2D eigenvalue weighted by molar-refractivity contribution is 5.37. The van der Waals surface area contributed by atoms with Crippen LogP contribution in [0.3, 0.4) is 0 Å². The smallest absolute Gasteiger partial charge is 0.329 e. The van der Waals surface area contributed by atoms with Crippen LogP contribution in [0.2, 0.25) is 0 Å². The molecule has 3 N–H and O–H groups in total. The SMILES string of the molecule is CN(C)Cc1c(N)n(C)c(=O)[nH]c1=O. The summed E-state index contributed by atoms with van der Waals surface area (Å²) in [5.74, 6) is 0.215. The predicted octanol–water partition coefficient (Wildman–Crippen LogP) is -1.28. The maximum absolute atomic E-state index is 11.4. The van der Waals surface area contributed by atoms with Crippen molar-refractivity contribution in [3.8, 4) is 0 Å². The molecule has 6 heteroatoms. The number of H-pyrrole nitrogens is 1. The van der Waals surface area contributed by atoms with E-state index in [1.54, 1.807) is 0 Å². The van der Waals surface area contributed by atoms with E-state index in [0.29, 0.717) is 12.1 Å². The Kier molecular flexibility index (Phi) is 2.76. The monoisotopic (exact) mass is 198 g/mol. The van der Waals surface area contributed by atoms with Gasteiger partial charge in [-0.1, -0.05) is 0 Å². The molecule has 1 heterocycles. The van der Waals surface area contributed by atoms with E-state index in [0.717, 1.165) is 0 Å². The number of aromatic nitrogens is 2. The summed E-state index contributed by atoms with van der Waals surface area (Å²) in [5, 5.41) is 0.